The Morgan fingerprint density at radius 2 is 1.86 bits per heavy atom. The molecule has 1 aliphatic rings. The van der Waals surface area contributed by atoms with E-state index in [0.717, 1.165) is 16.8 Å². The van der Waals surface area contributed by atoms with Gasteiger partial charge in [0.2, 0.25) is 0 Å². The number of aryl methyl sites for hydroxylation is 2. The molecule has 0 atom stereocenters. The number of benzene rings is 2. The number of para-hydroxylation sites is 1. The molecule has 0 fully saturated rings. The average Bonchev–Trinajstić information content (AvgIpc) is 3.08. The fourth-order valence-corrected chi connectivity index (χ4v) is 5.60. The first-order chi connectivity index (χ1) is 13.3. The smallest absolute Gasteiger partial charge is 0.264 e. The van der Waals surface area contributed by atoms with E-state index in [-0.39, 0.29) is 4.90 Å². The van der Waals surface area contributed by atoms with E-state index in [1.54, 1.807) is 23.0 Å². The molecule has 0 N–H and O–H groups in total. The predicted molar refractivity (Wildman–Crippen MR) is 113 cm³/mol. The Balaban J connectivity index is 1.79. The minimum atomic E-state index is -3.74. The van der Waals surface area contributed by atoms with Gasteiger partial charge >= 0.3 is 0 Å². The molecule has 4 rings (SSSR count). The highest BCUT2D eigenvalue weighted by Crippen LogP contribution is 2.41. The molecule has 2 aromatic carbocycles. The van der Waals surface area contributed by atoms with Crippen molar-refractivity contribution < 1.29 is 8.42 Å². The van der Waals surface area contributed by atoms with Crippen molar-refractivity contribution in [3.05, 3.63) is 59.4 Å². The lowest BCUT2D eigenvalue weighted by molar-refractivity contribution is 0.588. The summed E-state index contributed by atoms with van der Waals surface area (Å²) in [6.45, 7) is 2.76. The van der Waals surface area contributed by atoms with Crippen molar-refractivity contribution in [1.82, 2.24) is 9.78 Å². The second-order valence-corrected chi connectivity index (χ2v) is 9.23. The number of anilines is 2. The van der Waals surface area contributed by atoms with Crippen LogP contribution in [0.25, 0.3) is 11.1 Å². The molecule has 0 saturated carbocycles. The maximum atomic E-state index is 13.5. The number of fused-ring (bicyclic) bond motifs is 1. The zero-order valence-electron chi connectivity index (χ0n) is 15.9. The molecule has 1 aliphatic heterocycles. The Morgan fingerprint density at radius 1 is 1.07 bits per heavy atom. The van der Waals surface area contributed by atoms with Gasteiger partial charge in [-0.3, -0.25) is 8.99 Å². The summed E-state index contributed by atoms with van der Waals surface area (Å²) in [5, 5.41) is 4.61. The second kappa shape index (κ2) is 6.83. The minimum Gasteiger partial charge on any atom is -0.371 e. The van der Waals surface area contributed by atoms with Gasteiger partial charge < -0.3 is 4.90 Å². The summed E-state index contributed by atoms with van der Waals surface area (Å²) in [6.07, 6.45) is 3.67. The Morgan fingerprint density at radius 3 is 2.54 bits per heavy atom. The minimum absolute atomic E-state index is 0.288. The van der Waals surface area contributed by atoms with Crippen LogP contribution < -0.4 is 9.21 Å². The summed E-state index contributed by atoms with van der Waals surface area (Å²) < 4.78 is 30.2. The Labute approximate surface area is 170 Å². The highest BCUT2D eigenvalue weighted by molar-refractivity contribution is 7.93. The quantitative estimate of drug-likeness (QED) is 0.653. The molecule has 8 heteroatoms. The summed E-state index contributed by atoms with van der Waals surface area (Å²) in [4.78, 5) is 2.31. The highest BCUT2D eigenvalue weighted by Gasteiger charge is 2.33. The van der Waals surface area contributed by atoms with Crippen LogP contribution in [-0.2, 0) is 17.1 Å². The zero-order valence-corrected chi connectivity index (χ0v) is 17.5. The van der Waals surface area contributed by atoms with Gasteiger partial charge in [0, 0.05) is 32.4 Å². The number of hydrogen-bond acceptors (Lipinski definition) is 4. The molecule has 146 valence electrons. The maximum absolute atomic E-state index is 13.5. The van der Waals surface area contributed by atoms with Crippen LogP contribution in [0.5, 0.6) is 0 Å². The van der Waals surface area contributed by atoms with Gasteiger partial charge in [0.1, 0.15) is 0 Å². The third-order valence-electron chi connectivity index (χ3n) is 5.05. The van der Waals surface area contributed by atoms with Crippen LogP contribution in [0, 0.1) is 6.92 Å². The SMILES string of the molecule is Cc1cc(-c2cnn(C)c2)ccc1S(=O)(=O)N1CCN(C)c2cccc(Cl)c21. The van der Waals surface area contributed by atoms with Gasteiger partial charge in [-0.25, -0.2) is 8.42 Å². The summed E-state index contributed by atoms with van der Waals surface area (Å²) in [5.41, 5.74) is 3.92. The number of halogens is 1. The molecule has 0 amide bonds. The number of rotatable bonds is 3. The Hall–Kier alpha value is -2.51. The molecule has 3 aromatic rings. The van der Waals surface area contributed by atoms with E-state index in [9.17, 15) is 8.42 Å². The van der Waals surface area contributed by atoms with E-state index in [1.807, 2.05) is 56.4 Å². The van der Waals surface area contributed by atoms with Gasteiger partial charge in [0.15, 0.2) is 0 Å². The number of sulfonamides is 1. The molecule has 0 aliphatic carbocycles. The van der Waals surface area contributed by atoms with Gasteiger partial charge in [-0.1, -0.05) is 23.7 Å². The molecule has 0 spiro atoms. The van der Waals surface area contributed by atoms with Crippen molar-refractivity contribution in [3.63, 3.8) is 0 Å². The topological polar surface area (TPSA) is 58.4 Å². The van der Waals surface area contributed by atoms with Gasteiger partial charge in [0.25, 0.3) is 10.0 Å². The molecule has 1 aromatic heterocycles. The van der Waals surface area contributed by atoms with Crippen LogP contribution in [-0.4, -0.2) is 38.3 Å². The van der Waals surface area contributed by atoms with E-state index < -0.39 is 10.0 Å². The van der Waals surface area contributed by atoms with Crippen LogP contribution in [0.2, 0.25) is 5.02 Å². The van der Waals surface area contributed by atoms with E-state index in [0.29, 0.717) is 29.4 Å². The molecule has 0 radical (unpaired) electrons. The standard InChI is InChI=1S/C20H21ClN4O2S/c1-14-11-15(16-12-22-24(3)13-16)7-8-19(14)28(26,27)25-10-9-23(2)18-6-4-5-17(21)20(18)25/h4-8,11-13H,9-10H2,1-3H3. The summed E-state index contributed by atoms with van der Waals surface area (Å²) in [6, 6.07) is 10.8. The molecule has 2 heterocycles. The van der Waals surface area contributed by atoms with Crippen LogP contribution in [0.15, 0.2) is 53.7 Å². The van der Waals surface area contributed by atoms with E-state index in [4.69, 9.17) is 11.6 Å². The lowest BCUT2D eigenvalue weighted by Gasteiger charge is -2.37. The average molecular weight is 417 g/mol. The largest absolute Gasteiger partial charge is 0.371 e. The predicted octanol–water partition coefficient (Wildman–Crippen LogP) is 3.69. The molecular weight excluding hydrogens is 396 g/mol. The summed E-state index contributed by atoms with van der Waals surface area (Å²) in [5.74, 6) is 0. The first-order valence-electron chi connectivity index (χ1n) is 8.91. The fourth-order valence-electron chi connectivity index (χ4n) is 3.58. The molecule has 28 heavy (non-hydrogen) atoms. The van der Waals surface area contributed by atoms with E-state index >= 15 is 0 Å². The molecule has 6 nitrogen and oxygen atoms in total. The number of aromatic nitrogens is 2. The third kappa shape index (κ3) is 3.04. The van der Waals surface area contributed by atoms with Crippen molar-refractivity contribution in [2.45, 2.75) is 11.8 Å². The van der Waals surface area contributed by atoms with Crippen LogP contribution in [0.3, 0.4) is 0 Å². The van der Waals surface area contributed by atoms with Gasteiger partial charge in [-0.2, -0.15) is 5.10 Å². The van der Waals surface area contributed by atoms with E-state index in [2.05, 4.69) is 5.10 Å². The van der Waals surface area contributed by atoms with Crippen molar-refractivity contribution in [2.24, 2.45) is 7.05 Å². The van der Waals surface area contributed by atoms with Crippen molar-refractivity contribution in [1.29, 1.82) is 0 Å². The van der Waals surface area contributed by atoms with Gasteiger partial charge in [-0.15, -0.1) is 0 Å². The van der Waals surface area contributed by atoms with E-state index in [1.165, 1.54) is 4.31 Å². The number of likely N-dealkylation sites (N-methyl/N-ethyl adjacent to an activating group) is 1. The zero-order chi connectivity index (χ0) is 20.1. The van der Waals surface area contributed by atoms with Crippen LogP contribution in [0.4, 0.5) is 11.4 Å². The summed E-state index contributed by atoms with van der Waals surface area (Å²) in [7, 11) is 0.0441. The van der Waals surface area contributed by atoms with Crippen LogP contribution >= 0.6 is 11.6 Å². The molecule has 0 unspecified atom stereocenters. The van der Waals surface area contributed by atoms with Crippen molar-refractivity contribution in [3.8, 4) is 11.1 Å². The van der Waals surface area contributed by atoms with Gasteiger partial charge in [0.05, 0.1) is 34.0 Å². The first kappa shape index (κ1) is 18.8. The number of nitrogens with zero attached hydrogens (tertiary/aromatic N) is 4. The molecule has 0 saturated heterocycles. The maximum Gasteiger partial charge on any atom is 0.264 e. The first-order valence-corrected chi connectivity index (χ1v) is 10.7. The lowest BCUT2D eigenvalue weighted by atomic mass is 10.1. The second-order valence-electron chi connectivity index (χ2n) is 6.99. The van der Waals surface area contributed by atoms with Crippen molar-refractivity contribution >= 4 is 33.0 Å². The Bertz CT molecular complexity index is 1160. The number of hydrogen-bond donors (Lipinski definition) is 0. The summed E-state index contributed by atoms with van der Waals surface area (Å²) >= 11 is 6.40. The Kier molecular flexibility index (Phi) is 4.59. The lowest BCUT2D eigenvalue weighted by Crippen LogP contribution is -2.43. The third-order valence-corrected chi connectivity index (χ3v) is 7.31. The molecule has 0 bridgehead atoms. The fraction of sp³-hybridized carbons (Fsp3) is 0.250. The monoisotopic (exact) mass is 416 g/mol. The normalized spacial score (nSPS) is 14.3. The van der Waals surface area contributed by atoms with Crippen molar-refractivity contribution in [2.75, 3.05) is 29.3 Å². The van der Waals surface area contributed by atoms with Gasteiger partial charge in [-0.05, 0) is 42.3 Å². The molecular formula is C20H21ClN4O2S. The van der Waals surface area contributed by atoms with Crippen LogP contribution in [0.1, 0.15) is 5.56 Å². The highest BCUT2D eigenvalue weighted by atomic mass is 35.5.